The summed E-state index contributed by atoms with van der Waals surface area (Å²) >= 11 is 3.62. The van der Waals surface area contributed by atoms with Crippen LogP contribution in [-0.2, 0) is 6.61 Å². The van der Waals surface area contributed by atoms with Crippen molar-refractivity contribution in [3.05, 3.63) is 87.1 Å². The molecule has 5 nitrogen and oxygen atoms in total. The van der Waals surface area contributed by atoms with Gasteiger partial charge in [-0.3, -0.25) is 0 Å². The number of ether oxygens (including phenoxy) is 2. The summed E-state index contributed by atoms with van der Waals surface area (Å²) in [6.07, 6.45) is 1.79. The van der Waals surface area contributed by atoms with E-state index in [-0.39, 0.29) is 0 Å². The van der Waals surface area contributed by atoms with Crippen LogP contribution in [0.1, 0.15) is 35.0 Å². The molecule has 0 aliphatic rings. The molecule has 4 aromatic rings. The zero-order valence-electron chi connectivity index (χ0n) is 18.8. The molecule has 0 aliphatic heterocycles. The summed E-state index contributed by atoms with van der Waals surface area (Å²) in [4.78, 5) is 7.82. The Morgan fingerprint density at radius 1 is 1.06 bits per heavy atom. The zero-order chi connectivity index (χ0) is 23.4. The van der Waals surface area contributed by atoms with E-state index >= 15 is 0 Å². The van der Waals surface area contributed by atoms with Crippen LogP contribution < -0.4 is 9.47 Å². The number of fused-ring (bicyclic) bond motifs is 1. The van der Waals surface area contributed by atoms with E-state index in [1.165, 1.54) is 5.56 Å². The van der Waals surface area contributed by atoms with Gasteiger partial charge in [0, 0.05) is 0 Å². The van der Waals surface area contributed by atoms with E-state index in [9.17, 15) is 5.26 Å². The standard InChI is InChI=1S/C27H24BrN3O2/c1-4-32-25-14-20(13-22(28)26(25)33-16-19-8-5-17(2)6-9-19)12-21(15-29)27-30-23-10-7-18(3)11-24(23)31-27/h5-14H,4,16H2,1-3H3,(H,30,31)/b21-12-. The first-order valence-corrected chi connectivity index (χ1v) is 11.5. The first-order chi connectivity index (χ1) is 16.0. The van der Waals surface area contributed by atoms with Gasteiger partial charge in [0.05, 0.1) is 27.7 Å². The number of nitriles is 1. The summed E-state index contributed by atoms with van der Waals surface area (Å²) in [5, 5.41) is 9.80. The number of nitrogens with one attached hydrogen (secondary N) is 1. The molecule has 0 spiro atoms. The Labute approximate surface area is 201 Å². The molecule has 0 fully saturated rings. The third-order valence-corrected chi connectivity index (χ3v) is 5.75. The van der Waals surface area contributed by atoms with Crippen molar-refractivity contribution in [1.29, 1.82) is 5.26 Å². The Balaban J connectivity index is 1.65. The van der Waals surface area contributed by atoms with Crippen LogP contribution in [0.15, 0.2) is 59.1 Å². The first kappa shape index (κ1) is 22.6. The fourth-order valence-electron chi connectivity index (χ4n) is 3.49. The second-order valence-electron chi connectivity index (χ2n) is 7.81. The topological polar surface area (TPSA) is 70.9 Å². The minimum atomic E-state index is 0.427. The molecule has 0 amide bonds. The maximum absolute atomic E-state index is 9.80. The fraction of sp³-hybridized carbons (Fsp3) is 0.185. The number of benzene rings is 3. The third kappa shape index (κ3) is 5.27. The molecule has 1 N–H and O–H groups in total. The maximum atomic E-state index is 9.80. The quantitative estimate of drug-likeness (QED) is 0.277. The predicted octanol–water partition coefficient (Wildman–Crippen LogP) is 6.98. The van der Waals surface area contributed by atoms with Gasteiger partial charge in [0.15, 0.2) is 11.5 Å². The lowest BCUT2D eigenvalue weighted by molar-refractivity contribution is 0.267. The van der Waals surface area contributed by atoms with Crippen molar-refractivity contribution in [2.75, 3.05) is 6.61 Å². The molecule has 0 atom stereocenters. The molecule has 0 saturated heterocycles. The number of aromatic amines is 1. The Bertz CT molecular complexity index is 1360. The second-order valence-corrected chi connectivity index (χ2v) is 8.67. The number of halogens is 1. The van der Waals surface area contributed by atoms with Gasteiger partial charge in [-0.25, -0.2) is 4.98 Å². The highest BCUT2D eigenvalue weighted by atomic mass is 79.9. The van der Waals surface area contributed by atoms with E-state index < -0.39 is 0 Å². The molecule has 0 unspecified atom stereocenters. The largest absolute Gasteiger partial charge is 0.490 e. The lowest BCUT2D eigenvalue weighted by Crippen LogP contribution is -2.01. The van der Waals surface area contributed by atoms with Gasteiger partial charge in [-0.2, -0.15) is 5.26 Å². The van der Waals surface area contributed by atoms with Crippen LogP contribution in [0.2, 0.25) is 0 Å². The lowest BCUT2D eigenvalue weighted by atomic mass is 10.1. The SMILES string of the molecule is CCOc1cc(/C=C(/C#N)c2nc3ccc(C)cc3[nH]2)cc(Br)c1OCc1ccc(C)cc1. The third-order valence-electron chi connectivity index (χ3n) is 5.16. The first-order valence-electron chi connectivity index (χ1n) is 10.7. The van der Waals surface area contributed by atoms with E-state index in [1.54, 1.807) is 6.08 Å². The highest BCUT2D eigenvalue weighted by molar-refractivity contribution is 9.10. The minimum absolute atomic E-state index is 0.427. The van der Waals surface area contributed by atoms with Crippen molar-refractivity contribution in [3.8, 4) is 17.6 Å². The van der Waals surface area contributed by atoms with Gasteiger partial charge >= 0.3 is 0 Å². The van der Waals surface area contributed by atoms with Crippen molar-refractivity contribution in [1.82, 2.24) is 9.97 Å². The number of nitrogens with zero attached hydrogens (tertiary/aromatic N) is 2. The van der Waals surface area contributed by atoms with Crippen LogP contribution in [0.5, 0.6) is 11.5 Å². The molecule has 0 aliphatic carbocycles. The van der Waals surface area contributed by atoms with E-state index in [4.69, 9.17) is 9.47 Å². The lowest BCUT2D eigenvalue weighted by Gasteiger charge is -2.15. The van der Waals surface area contributed by atoms with Crippen LogP contribution in [0, 0.1) is 25.2 Å². The van der Waals surface area contributed by atoms with Crippen LogP contribution in [0.4, 0.5) is 0 Å². The molecule has 1 aromatic heterocycles. The van der Waals surface area contributed by atoms with Crippen LogP contribution >= 0.6 is 15.9 Å². The number of hydrogen-bond donors (Lipinski definition) is 1. The van der Waals surface area contributed by atoms with Gasteiger partial charge in [-0.1, -0.05) is 35.9 Å². The van der Waals surface area contributed by atoms with Gasteiger partial charge in [-0.15, -0.1) is 0 Å². The van der Waals surface area contributed by atoms with Crippen LogP contribution in [0.3, 0.4) is 0 Å². The molecule has 33 heavy (non-hydrogen) atoms. The summed E-state index contributed by atoms with van der Waals surface area (Å²) in [7, 11) is 0. The monoisotopic (exact) mass is 501 g/mol. The summed E-state index contributed by atoms with van der Waals surface area (Å²) in [5.74, 6) is 1.78. The number of allylic oxidation sites excluding steroid dienone is 1. The normalized spacial score (nSPS) is 11.4. The molecular formula is C27H24BrN3O2. The summed E-state index contributed by atoms with van der Waals surface area (Å²) in [5.41, 5.74) is 6.39. The number of aryl methyl sites for hydroxylation is 2. The van der Waals surface area contributed by atoms with E-state index in [0.717, 1.165) is 32.2 Å². The van der Waals surface area contributed by atoms with Gasteiger partial charge < -0.3 is 14.5 Å². The van der Waals surface area contributed by atoms with Crippen LogP contribution in [0.25, 0.3) is 22.7 Å². The molecule has 0 saturated carbocycles. The molecule has 1 heterocycles. The van der Waals surface area contributed by atoms with Crippen molar-refractivity contribution in [2.24, 2.45) is 0 Å². The molecule has 6 heteroatoms. The summed E-state index contributed by atoms with van der Waals surface area (Å²) < 4.78 is 12.7. The Kier molecular flexibility index (Phi) is 6.81. The smallest absolute Gasteiger partial charge is 0.175 e. The Morgan fingerprint density at radius 2 is 1.82 bits per heavy atom. The Hall–Kier alpha value is -3.56. The maximum Gasteiger partial charge on any atom is 0.175 e. The summed E-state index contributed by atoms with van der Waals surface area (Å²) in [6.45, 7) is 6.93. The molecule has 166 valence electrons. The average molecular weight is 502 g/mol. The molecule has 4 rings (SSSR count). The highest BCUT2D eigenvalue weighted by Gasteiger charge is 2.14. The van der Waals surface area contributed by atoms with E-state index in [2.05, 4.69) is 63.2 Å². The predicted molar refractivity (Wildman–Crippen MR) is 135 cm³/mol. The highest BCUT2D eigenvalue weighted by Crippen LogP contribution is 2.38. The van der Waals surface area contributed by atoms with E-state index in [1.807, 2.05) is 44.2 Å². The van der Waals surface area contributed by atoms with Gasteiger partial charge in [-0.05, 0) is 83.7 Å². The van der Waals surface area contributed by atoms with Gasteiger partial charge in [0.2, 0.25) is 0 Å². The summed E-state index contributed by atoms with van der Waals surface area (Å²) in [6, 6.07) is 20.2. The number of H-pyrrole nitrogens is 1. The zero-order valence-corrected chi connectivity index (χ0v) is 20.4. The fourth-order valence-corrected chi connectivity index (χ4v) is 4.06. The number of hydrogen-bond acceptors (Lipinski definition) is 4. The number of rotatable bonds is 7. The molecule has 0 radical (unpaired) electrons. The molecular weight excluding hydrogens is 478 g/mol. The van der Waals surface area contributed by atoms with Crippen LogP contribution in [-0.4, -0.2) is 16.6 Å². The number of aromatic nitrogens is 2. The van der Waals surface area contributed by atoms with Gasteiger partial charge in [0.25, 0.3) is 0 Å². The van der Waals surface area contributed by atoms with Crippen molar-refractivity contribution >= 4 is 38.6 Å². The van der Waals surface area contributed by atoms with Crippen molar-refractivity contribution in [3.63, 3.8) is 0 Å². The molecule has 3 aromatic carbocycles. The second kappa shape index (κ2) is 9.93. The Morgan fingerprint density at radius 3 is 2.55 bits per heavy atom. The van der Waals surface area contributed by atoms with Crippen molar-refractivity contribution in [2.45, 2.75) is 27.4 Å². The van der Waals surface area contributed by atoms with E-state index in [0.29, 0.717) is 36.1 Å². The number of imidazole rings is 1. The molecule has 0 bridgehead atoms. The van der Waals surface area contributed by atoms with Gasteiger partial charge in [0.1, 0.15) is 18.5 Å². The van der Waals surface area contributed by atoms with Crippen molar-refractivity contribution < 1.29 is 9.47 Å². The average Bonchev–Trinajstić information content (AvgIpc) is 3.21. The minimum Gasteiger partial charge on any atom is -0.490 e.